The molecule has 0 aromatic rings. The third-order valence-electron chi connectivity index (χ3n) is 1.78. The van der Waals surface area contributed by atoms with E-state index in [1.165, 1.54) is 0 Å². The SMILES string of the molecule is CC1OCC[C@H](O)[C@H]1N. The van der Waals surface area contributed by atoms with Crippen LogP contribution in [0.4, 0.5) is 0 Å². The van der Waals surface area contributed by atoms with Crippen LogP contribution in [0.3, 0.4) is 0 Å². The normalized spacial score (nSPS) is 45.0. The van der Waals surface area contributed by atoms with Crippen LogP contribution in [0.25, 0.3) is 0 Å². The Labute approximate surface area is 54.8 Å². The molecule has 1 saturated heterocycles. The zero-order chi connectivity index (χ0) is 6.85. The molecule has 1 aliphatic heterocycles. The minimum atomic E-state index is -0.367. The molecule has 0 radical (unpaired) electrons. The van der Waals surface area contributed by atoms with E-state index in [2.05, 4.69) is 0 Å². The highest BCUT2D eigenvalue weighted by Crippen LogP contribution is 2.11. The summed E-state index contributed by atoms with van der Waals surface area (Å²) in [5, 5.41) is 9.14. The Hall–Kier alpha value is -0.120. The Bertz CT molecular complexity index is 87.1. The Balaban J connectivity index is 2.41. The van der Waals surface area contributed by atoms with Crippen LogP contribution in [0.2, 0.25) is 0 Å². The second-order valence-electron chi connectivity index (χ2n) is 2.51. The maximum absolute atomic E-state index is 9.14. The highest BCUT2D eigenvalue weighted by Gasteiger charge is 2.25. The van der Waals surface area contributed by atoms with Crippen molar-refractivity contribution < 1.29 is 9.84 Å². The van der Waals surface area contributed by atoms with Gasteiger partial charge in [0.2, 0.25) is 0 Å². The summed E-state index contributed by atoms with van der Waals surface area (Å²) in [7, 11) is 0. The maximum Gasteiger partial charge on any atom is 0.0738 e. The predicted octanol–water partition coefficient (Wildman–Crippen LogP) is -0.517. The molecule has 0 aromatic heterocycles. The molecule has 0 amide bonds. The van der Waals surface area contributed by atoms with E-state index in [4.69, 9.17) is 15.6 Å². The first kappa shape index (κ1) is 6.99. The topological polar surface area (TPSA) is 55.5 Å². The molecule has 0 spiro atoms. The van der Waals surface area contributed by atoms with Crippen molar-refractivity contribution in [2.75, 3.05) is 6.61 Å². The van der Waals surface area contributed by atoms with Gasteiger partial charge in [0.15, 0.2) is 0 Å². The molecule has 1 unspecified atom stereocenters. The molecule has 1 fully saturated rings. The summed E-state index contributed by atoms with van der Waals surface area (Å²) >= 11 is 0. The van der Waals surface area contributed by atoms with Crippen molar-refractivity contribution in [2.45, 2.75) is 31.6 Å². The number of rotatable bonds is 0. The monoisotopic (exact) mass is 131 g/mol. The van der Waals surface area contributed by atoms with E-state index in [0.29, 0.717) is 13.0 Å². The quantitative estimate of drug-likeness (QED) is 0.465. The van der Waals surface area contributed by atoms with Gasteiger partial charge in [-0.25, -0.2) is 0 Å². The number of hydrogen-bond donors (Lipinski definition) is 2. The molecule has 3 N–H and O–H groups in total. The zero-order valence-corrected chi connectivity index (χ0v) is 5.58. The standard InChI is InChI=1S/C6H13NO2/c1-4-6(7)5(8)2-3-9-4/h4-6,8H,2-3,7H2,1H3/t4?,5-,6-/m0/s1. The van der Waals surface area contributed by atoms with E-state index >= 15 is 0 Å². The lowest BCUT2D eigenvalue weighted by Gasteiger charge is -2.30. The molecule has 1 aliphatic rings. The molecule has 0 aromatic carbocycles. The number of aliphatic hydroxyl groups is 1. The van der Waals surface area contributed by atoms with Crippen LogP contribution in [0.5, 0.6) is 0 Å². The van der Waals surface area contributed by atoms with Crippen LogP contribution in [0.15, 0.2) is 0 Å². The summed E-state index contributed by atoms with van der Waals surface area (Å²) in [4.78, 5) is 0. The van der Waals surface area contributed by atoms with E-state index in [1.807, 2.05) is 6.92 Å². The lowest BCUT2D eigenvalue weighted by atomic mass is 10.0. The van der Waals surface area contributed by atoms with E-state index in [9.17, 15) is 0 Å². The lowest BCUT2D eigenvalue weighted by Crippen LogP contribution is -2.48. The van der Waals surface area contributed by atoms with Gasteiger partial charge in [-0.05, 0) is 13.3 Å². The van der Waals surface area contributed by atoms with Crippen molar-refractivity contribution >= 4 is 0 Å². The van der Waals surface area contributed by atoms with Gasteiger partial charge in [-0.2, -0.15) is 0 Å². The van der Waals surface area contributed by atoms with Crippen LogP contribution < -0.4 is 5.73 Å². The van der Waals surface area contributed by atoms with E-state index in [1.54, 1.807) is 0 Å². The largest absolute Gasteiger partial charge is 0.391 e. The fraction of sp³-hybridized carbons (Fsp3) is 1.00. The van der Waals surface area contributed by atoms with Crippen LogP contribution in [-0.4, -0.2) is 30.0 Å². The molecule has 1 rings (SSSR count). The van der Waals surface area contributed by atoms with Gasteiger partial charge in [-0.3, -0.25) is 0 Å². The fourth-order valence-corrected chi connectivity index (χ4v) is 0.991. The summed E-state index contributed by atoms with van der Waals surface area (Å²) in [6, 6.07) is -0.196. The minimum absolute atomic E-state index is 0.00810. The molecular weight excluding hydrogens is 118 g/mol. The second kappa shape index (κ2) is 2.64. The average molecular weight is 131 g/mol. The van der Waals surface area contributed by atoms with Crippen molar-refractivity contribution in [1.82, 2.24) is 0 Å². The third-order valence-corrected chi connectivity index (χ3v) is 1.78. The van der Waals surface area contributed by atoms with Crippen molar-refractivity contribution in [2.24, 2.45) is 5.73 Å². The average Bonchev–Trinajstić information content (AvgIpc) is 1.83. The summed E-state index contributed by atoms with van der Waals surface area (Å²) in [6.07, 6.45) is 0.313. The Morgan fingerprint density at radius 2 is 2.33 bits per heavy atom. The first-order valence-electron chi connectivity index (χ1n) is 3.27. The van der Waals surface area contributed by atoms with Crippen molar-refractivity contribution in [3.8, 4) is 0 Å². The summed E-state index contributed by atoms with van der Waals surface area (Å²) in [5.74, 6) is 0. The number of ether oxygens (including phenoxy) is 1. The second-order valence-corrected chi connectivity index (χ2v) is 2.51. The molecule has 1 heterocycles. The molecular formula is C6H13NO2. The van der Waals surface area contributed by atoms with Crippen LogP contribution in [0.1, 0.15) is 13.3 Å². The number of aliphatic hydroxyl groups excluding tert-OH is 1. The predicted molar refractivity (Wildman–Crippen MR) is 34.0 cm³/mol. The molecule has 9 heavy (non-hydrogen) atoms. The zero-order valence-electron chi connectivity index (χ0n) is 5.58. The smallest absolute Gasteiger partial charge is 0.0738 e. The Morgan fingerprint density at radius 3 is 2.78 bits per heavy atom. The van der Waals surface area contributed by atoms with Gasteiger partial charge < -0.3 is 15.6 Å². The minimum Gasteiger partial charge on any atom is -0.391 e. The van der Waals surface area contributed by atoms with Crippen molar-refractivity contribution in [1.29, 1.82) is 0 Å². The molecule has 3 heteroatoms. The van der Waals surface area contributed by atoms with Gasteiger partial charge in [-0.1, -0.05) is 0 Å². The summed E-state index contributed by atoms with van der Waals surface area (Å²) < 4.78 is 5.18. The Kier molecular flexibility index (Phi) is 2.05. The van der Waals surface area contributed by atoms with Gasteiger partial charge in [0, 0.05) is 6.61 Å². The third kappa shape index (κ3) is 1.41. The molecule has 0 bridgehead atoms. The maximum atomic E-state index is 9.14. The summed E-state index contributed by atoms with van der Waals surface area (Å²) in [5.41, 5.74) is 5.55. The highest BCUT2D eigenvalue weighted by atomic mass is 16.5. The van der Waals surface area contributed by atoms with Gasteiger partial charge in [0.1, 0.15) is 0 Å². The lowest BCUT2D eigenvalue weighted by molar-refractivity contribution is -0.0508. The summed E-state index contributed by atoms with van der Waals surface area (Å²) in [6.45, 7) is 2.52. The first-order chi connectivity index (χ1) is 4.22. The first-order valence-corrected chi connectivity index (χ1v) is 3.27. The van der Waals surface area contributed by atoms with Crippen molar-refractivity contribution in [3.63, 3.8) is 0 Å². The van der Waals surface area contributed by atoms with E-state index in [0.717, 1.165) is 0 Å². The highest BCUT2D eigenvalue weighted by molar-refractivity contribution is 4.81. The van der Waals surface area contributed by atoms with Gasteiger partial charge in [0.05, 0.1) is 18.2 Å². The van der Waals surface area contributed by atoms with E-state index in [-0.39, 0.29) is 18.2 Å². The van der Waals surface area contributed by atoms with E-state index < -0.39 is 0 Å². The van der Waals surface area contributed by atoms with Gasteiger partial charge in [0.25, 0.3) is 0 Å². The van der Waals surface area contributed by atoms with Crippen molar-refractivity contribution in [3.05, 3.63) is 0 Å². The number of nitrogens with two attached hydrogens (primary N) is 1. The Morgan fingerprint density at radius 1 is 1.67 bits per heavy atom. The molecule has 0 saturated carbocycles. The van der Waals surface area contributed by atoms with Gasteiger partial charge >= 0.3 is 0 Å². The molecule has 0 aliphatic carbocycles. The van der Waals surface area contributed by atoms with Crippen LogP contribution in [-0.2, 0) is 4.74 Å². The van der Waals surface area contributed by atoms with Gasteiger partial charge in [-0.15, -0.1) is 0 Å². The number of hydrogen-bond acceptors (Lipinski definition) is 3. The molecule has 3 atom stereocenters. The molecule has 3 nitrogen and oxygen atoms in total. The fourth-order valence-electron chi connectivity index (χ4n) is 0.991. The van der Waals surface area contributed by atoms with Crippen LogP contribution >= 0.6 is 0 Å². The van der Waals surface area contributed by atoms with Crippen LogP contribution in [0, 0.1) is 0 Å². The molecule has 54 valence electrons.